The Morgan fingerprint density at radius 1 is 1.18 bits per heavy atom. The number of rotatable bonds is 3. The number of amides is 3. The number of carbonyl (C=O) groups excluding carboxylic acids is 2. The van der Waals surface area contributed by atoms with Crippen molar-refractivity contribution in [3.63, 3.8) is 0 Å². The van der Waals surface area contributed by atoms with E-state index in [1.807, 2.05) is 24.0 Å². The van der Waals surface area contributed by atoms with E-state index in [4.69, 9.17) is 0 Å². The maximum Gasteiger partial charge on any atom is 0.322 e. The largest absolute Gasteiger partial charge is 0.389 e. The van der Waals surface area contributed by atoms with Crippen LogP contribution in [0.2, 0.25) is 0 Å². The molecule has 2 aliphatic heterocycles. The molecule has 0 radical (unpaired) electrons. The van der Waals surface area contributed by atoms with Crippen LogP contribution in [-0.2, 0) is 0 Å². The van der Waals surface area contributed by atoms with Crippen LogP contribution >= 0.6 is 0 Å². The minimum Gasteiger partial charge on any atom is -0.389 e. The number of para-hydroxylation sites is 1. The monoisotopic (exact) mass is 384 g/mol. The Bertz CT molecular complexity index is 863. The maximum atomic E-state index is 12.9. The second kappa shape index (κ2) is 7.59. The Labute approximate surface area is 162 Å². The number of nitrogens with zero attached hydrogens (tertiary/aromatic N) is 5. The molecule has 2 aliphatic rings. The Morgan fingerprint density at radius 3 is 2.68 bits per heavy atom. The van der Waals surface area contributed by atoms with Crippen molar-refractivity contribution in [2.75, 3.05) is 31.5 Å². The van der Waals surface area contributed by atoms with E-state index >= 15 is 0 Å². The normalized spacial score (nSPS) is 21.9. The highest BCUT2D eigenvalue weighted by molar-refractivity contribution is 6.04. The fourth-order valence-corrected chi connectivity index (χ4v) is 3.88. The first-order chi connectivity index (χ1) is 13.5. The van der Waals surface area contributed by atoms with Gasteiger partial charge < -0.3 is 20.2 Å². The lowest BCUT2D eigenvalue weighted by atomic mass is 10.1. The molecule has 4 rings (SSSR count). The summed E-state index contributed by atoms with van der Waals surface area (Å²) in [6.45, 7) is 3.87. The zero-order chi connectivity index (χ0) is 19.7. The predicted molar refractivity (Wildman–Crippen MR) is 102 cm³/mol. The molecule has 1 aromatic heterocycles. The van der Waals surface area contributed by atoms with E-state index in [1.165, 1.54) is 4.90 Å². The summed E-state index contributed by atoms with van der Waals surface area (Å²) in [4.78, 5) is 29.1. The molecular formula is C19H24N6O3. The molecule has 0 bridgehead atoms. The van der Waals surface area contributed by atoms with E-state index in [0.717, 1.165) is 31.5 Å². The number of aliphatic hydroxyl groups excluding tert-OH is 1. The number of hydrogen-bond donors (Lipinski definition) is 2. The van der Waals surface area contributed by atoms with Gasteiger partial charge in [-0.3, -0.25) is 4.79 Å². The molecule has 3 amide bonds. The number of aryl methyl sites for hydroxylation is 1. The smallest absolute Gasteiger partial charge is 0.322 e. The van der Waals surface area contributed by atoms with Gasteiger partial charge >= 0.3 is 6.03 Å². The summed E-state index contributed by atoms with van der Waals surface area (Å²) in [5, 5.41) is 20.9. The first kappa shape index (κ1) is 18.4. The van der Waals surface area contributed by atoms with E-state index < -0.39 is 6.10 Å². The highest BCUT2D eigenvalue weighted by Crippen LogP contribution is 2.26. The lowest BCUT2D eigenvalue weighted by molar-refractivity contribution is 0.0793. The molecule has 0 spiro atoms. The molecule has 2 fully saturated rings. The summed E-state index contributed by atoms with van der Waals surface area (Å²) in [5.41, 5.74) is 1.86. The van der Waals surface area contributed by atoms with E-state index in [0.29, 0.717) is 17.8 Å². The van der Waals surface area contributed by atoms with Crippen molar-refractivity contribution in [3.05, 3.63) is 41.7 Å². The van der Waals surface area contributed by atoms with Gasteiger partial charge in [0.25, 0.3) is 5.91 Å². The average Bonchev–Trinajstić information content (AvgIpc) is 3.44. The predicted octanol–water partition coefficient (Wildman–Crippen LogP) is 1.27. The zero-order valence-electron chi connectivity index (χ0n) is 15.8. The first-order valence-electron chi connectivity index (χ1n) is 9.53. The van der Waals surface area contributed by atoms with Gasteiger partial charge in [-0.05, 0) is 31.4 Å². The van der Waals surface area contributed by atoms with Gasteiger partial charge in [0.2, 0.25) is 0 Å². The molecule has 28 heavy (non-hydrogen) atoms. The van der Waals surface area contributed by atoms with Gasteiger partial charge in [-0.25, -0.2) is 9.48 Å². The van der Waals surface area contributed by atoms with Crippen LogP contribution in [0.3, 0.4) is 0 Å². The van der Waals surface area contributed by atoms with Crippen molar-refractivity contribution in [3.8, 4) is 0 Å². The molecule has 9 heteroatoms. The molecule has 3 heterocycles. The van der Waals surface area contributed by atoms with Crippen molar-refractivity contribution >= 4 is 17.6 Å². The van der Waals surface area contributed by atoms with Crippen LogP contribution in [-0.4, -0.2) is 74.1 Å². The van der Waals surface area contributed by atoms with Crippen molar-refractivity contribution in [1.82, 2.24) is 24.8 Å². The van der Waals surface area contributed by atoms with Gasteiger partial charge in [0, 0.05) is 25.8 Å². The SMILES string of the molecule is Cc1cccc(C(=O)N2CCCC2)c1NC(=O)N1C[C@@H](O)[C@H](n2ccnn2)C1. The quantitative estimate of drug-likeness (QED) is 0.830. The van der Waals surface area contributed by atoms with E-state index in [1.54, 1.807) is 23.1 Å². The Hall–Kier alpha value is -2.94. The second-order valence-electron chi connectivity index (χ2n) is 7.35. The number of aliphatic hydroxyl groups is 1. The van der Waals surface area contributed by atoms with Gasteiger partial charge in [0.15, 0.2) is 0 Å². The fourth-order valence-electron chi connectivity index (χ4n) is 3.88. The molecule has 2 N–H and O–H groups in total. The topological polar surface area (TPSA) is 104 Å². The molecule has 148 valence electrons. The summed E-state index contributed by atoms with van der Waals surface area (Å²) in [6, 6.07) is 4.77. The summed E-state index contributed by atoms with van der Waals surface area (Å²) in [6.07, 6.45) is 4.50. The number of β-amino-alcohol motifs (C(OH)–C–C–N with tert-alkyl or cyclic N) is 1. The van der Waals surface area contributed by atoms with Gasteiger partial charge in [-0.2, -0.15) is 0 Å². The summed E-state index contributed by atoms with van der Waals surface area (Å²) in [5.74, 6) is -0.0570. The van der Waals surface area contributed by atoms with Gasteiger partial charge in [0.1, 0.15) is 0 Å². The number of urea groups is 1. The van der Waals surface area contributed by atoms with Crippen LogP contribution in [0.4, 0.5) is 10.5 Å². The van der Waals surface area contributed by atoms with Gasteiger partial charge in [-0.15, -0.1) is 5.10 Å². The average molecular weight is 384 g/mol. The first-order valence-corrected chi connectivity index (χ1v) is 9.53. The van der Waals surface area contributed by atoms with Crippen molar-refractivity contribution in [2.45, 2.75) is 31.9 Å². The van der Waals surface area contributed by atoms with Crippen LogP contribution in [0.1, 0.15) is 34.8 Å². The number of carbonyl (C=O) groups is 2. The van der Waals surface area contributed by atoms with Crippen LogP contribution in [0.15, 0.2) is 30.6 Å². The highest BCUT2D eigenvalue weighted by atomic mass is 16.3. The number of nitrogens with one attached hydrogen (secondary N) is 1. The fraction of sp³-hybridized carbons (Fsp3) is 0.474. The molecule has 2 saturated heterocycles. The third-order valence-electron chi connectivity index (χ3n) is 5.46. The molecule has 1 aromatic carbocycles. The zero-order valence-corrected chi connectivity index (χ0v) is 15.8. The summed E-state index contributed by atoms with van der Waals surface area (Å²) < 4.78 is 1.56. The maximum absolute atomic E-state index is 12.9. The highest BCUT2D eigenvalue weighted by Gasteiger charge is 2.36. The summed E-state index contributed by atoms with van der Waals surface area (Å²) >= 11 is 0. The van der Waals surface area contributed by atoms with Gasteiger partial charge in [0.05, 0.1) is 36.1 Å². The van der Waals surface area contributed by atoms with Gasteiger partial charge in [-0.1, -0.05) is 17.3 Å². The Morgan fingerprint density at radius 2 is 1.96 bits per heavy atom. The van der Waals surface area contributed by atoms with E-state index in [9.17, 15) is 14.7 Å². The van der Waals surface area contributed by atoms with Crippen molar-refractivity contribution < 1.29 is 14.7 Å². The number of hydrogen-bond acceptors (Lipinski definition) is 5. The number of anilines is 1. The lowest BCUT2D eigenvalue weighted by Crippen LogP contribution is -2.35. The molecular weight excluding hydrogens is 360 g/mol. The van der Waals surface area contributed by atoms with Crippen LogP contribution in [0.5, 0.6) is 0 Å². The van der Waals surface area contributed by atoms with Crippen molar-refractivity contribution in [1.29, 1.82) is 0 Å². The summed E-state index contributed by atoms with van der Waals surface area (Å²) in [7, 11) is 0. The molecule has 2 atom stereocenters. The number of benzene rings is 1. The number of aromatic nitrogens is 3. The number of likely N-dealkylation sites (tertiary alicyclic amines) is 2. The Kier molecular flexibility index (Phi) is 4.99. The van der Waals surface area contributed by atoms with Crippen LogP contribution in [0, 0.1) is 6.92 Å². The molecule has 2 aromatic rings. The van der Waals surface area contributed by atoms with Crippen LogP contribution < -0.4 is 5.32 Å². The third kappa shape index (κ3) is 3.45. The second-order valence-corrected chi connectivity index (χ2v) is 7.35. The minimum absolute atomic E-state index is 0.0570. The van der Waals surface area contributed by atoms with Crippen LogP contribution in [0.25, 0.3) is 0 Å². The van der Waals surface area contributed by atoms with E-state index in [-0.39, 0.29) is 24.5 Å². The van der Waals surface area contributed by atoms with E-state index in [2.05, 4.69) is 15.6 Å². The molecule has 0 saturated carbocycles. The molecule has 0 unspecified atom stereocenters. The standard InChI is InChI=1S/C19H24N6O3/c1-13-5-4-6-14(18(27)23-8-2-3-9-23)17(13)21-19(28)24-11-15(16(26)12-24)25-10-7-20-22-25/h4-7,10,15-16,26H,2-3,8-9,11-12H2,1H3,(H,21,28)/t15-,16-/m1/s1. The molecule has 0 aliphatic carbocycles. The molecule has 9 nitrogen and oxygen atoms in total. The minimum atomic E-state index is -0.727. The lowest BCUT2D eigenvalue weighted by Gasteiger charge is -2.22. The third-order valence-corrected chi connectivity index (χ3v) is 5.46. The van der Waals surface area contributed by atoms with Crippen molar-refractivity contribution in [2.24, 2.45) is 0 Å². The Balaban J connectivity index is 1.51.